The number of aromatic nitrogens is 2. The fourth-order valence-electron chi connectivity index (χ4n) is 1.76. The van der Waals surface area contributed by atoms with Gasteiger partial charge in [0.1, 0.15) is 11.6 Å². The van der Waals surface area contributed by atoms with E-state index in [-0.39, 0.29) is 17.7 Å². The molecule has 0 aliphatic carbocycles. The van der Waals surface area contributed by atoms with Crippen LogP contribution in [0.2, 0.25) is 0 Å². The second-order valence-corrected chi connectivity index (χ2v) is 5.43. The molecule has 0 saturated heterocycles. The third-order valence-electron chi connectivity index (χ3n) is 2.75. The average Bonchev–Trinajstić information content (AvgIpc) is 2.45. The van der Waals surface area contributed by atoms with Gasteiger partial charge >= 0.3 is 0 Å². The Morgan fingerprint density at radius 2 is 1.86 bits per heavy atom. The van der Waals surface area contributed by atoms with Crippen molar-refractivity contribution in [1.82, 2.24) is 15.3 Å². The fraction of sp³-hybridized carbons (Fsp3) is 0.214. The largest absolute Gasteiger partial charge is 0.383 e. The standard InChI is InChI=1S/C14H17N5OS/c1-9(10-5-3-2-4-6-10)17-13(20)8-21-14-18-11(15)7-12(16)19-14/h2-7,9H,8H2,1H3,(H,17,20)(H4,15,16,18,19)/t9-/m0/s1. The molecule has 2 rings (SSSR count). The predicted molar refractivity (Wildman–Crippen MR) is 84.6 cm³/mol. The van der Waals surface area contributed by atoms with E-state index in [1.54, 1.807) is 0 Å². The lowest BCUT2D eigenvalue weighted by Crippen LogP contribution is -2.28. The van der Waals surface area contributed by atoms with Crippen molar-refractivity contribution in [2.24, 2.45) is 0 Å². The third-order valence-corrected chi connectivity index (χ3v) is 3.60. The second kappa shape index (κ2) is 6.94. The Bertz CT molecular complexity index is 600. The van der Waals surface area contributed by atoms with E-state index in [2.05, 4.69) is 15.3 Å². The third kappa shape index (κ3) is 4.64. The molecule has 0 saturated carbocycles. The molecule has 2 aromatic rings. The van der Waals surface area contributed by atoms with E-state index in [1.165, 1.54) is 17.8 Å². The molecule has 0 unspecified atom stereocenters. The topological polar surface area (TPSA) is 107 Å². The van der Waals surface area contributed by atoms with Crippen molar-refractivity contribution in [2.75, 3.05) is 17.2 Å². The number of nitrogens with two attached hydrogens (primary N) is 2. The minimum Gasteiger partial charge on any atom is -0.383 e. The zero-order valence-electron chi connectivity index (χ0n) is 11.6. The van der Waals surface area contributed by atoms with Crippen LogP contribution in [-0.2, 0) is 4.79 Å². The Labute approximate surface area is 127 Å². The highest BCUT2D eigenvalue weighted by atomic mass is 32.2. The van der Waals surface area contributed by atoms with E-state index in [0.29, 0.717) is 16.8 Å². The normalized spacial score (nSPS) is 11.9. The van der Waals surface area contributed by atoms with Gasteiger partial charge in [-0.1, -0.05) is 42.1 Å². The van der Waals surface area contributed by atoms with Crippen molar-refractivity contribution in [2.45, 2.75) is 18.1 Å². The van der Waals surface area contributed by atoms with E-state index < -0.39 is 0 Å². The zero-order chi connectivity index (χ0) is 15.2. The first-order valence-electron chi connectivity index (χ1n) is 6.41. The molecule has 6 nitrogen and oxygen atoms in total. The van der Waals surface area contributed by atoms with Gasteiger partial charge in [0.15, 0.2) is 5.16 Å². The summed E-state index contributed by atoms with van der Waals surface area (Å²) >= 11 is 1.20. The summed E-state index contributed by atoms with van der Waals surface area (Å²) in [6.07, 6.45) is 0. The first-order chi connectivity index (χ1) is 10.0. The van der Waals surface area contributed by atoms with Crippen LogP contribution in [0.5, 0.6) is 0 Å². The minimum absolute atomic E-state index is 0.0499. The van der Waals surface area contributed by atoms with Crippen molar-refractivity contribution < 1.29 is 4.79 Å². The van der Waals surface area contributed by atoms with Crippen LogP contribution < -0.4 is 16.8 Å². The molecule has 0 spiro atoms. The lowest BCUT2D eigenvalue weighted by Gasteiger charge is -2.13. The maximum atomic E-state index is 11.9. The Kier molecular flexibility index (Phi) is 4.99. The lowest BCUT2D eigenvalue weighted by atomic mass is 10.1. The number of carbonyl (C=O) groups excluding carboxylic acids is 1. The number of nitrogens with zero attached hydrogens (tertiary/aromatic N) is 2. The summed E-state index contributed by atoms with van der Waals surface area (Å²) in [4.78, 5) is 19.9. The molecule has 0 bridgehead atoms. The quantitative estimate of drug-likeness (QED) is 0.572. The number of nitrogen functional groups attached to an aromatic ring is 2. The highest BCUT2D eigenvalue weighted by molar-refractivity contribution is 7.99. The molecule has 7 heteroatoms. The highest BCUT2D eigenvalue weighted by Crippen LogP contribution is 2.17. The number of hydrogen-bond acceptors (Lipinski definition) is 6. The number of anilines is 2. The summed E-state index contributed by atoms with van der Waals surface area (Å²) in [5, 5.41) is 3.32. The Morgan fingerprint density at radius 3 is 2.48 bits per heavy atom. The first kappa shape index (κ1) is 15.1. The summed E-state index contributed by atoms with van der Waals surface area (Å²) in [6.45, 7) is 1.94. The SMILES string of the molecule is C[C@H](NC(=O)CSc1nc(N)cc(N)n1)c1ccccc1. The number of nitrogens with one attached hydrogen (secondary N) is 1. The van der Waals surface area contributed by atoms with Crippen molar-refractivity contribution >= 4 is 29.3 Å². The van der Waals surface area contributed by atoms with Gasteiger partial charge in [0.05, 0.1) is 11.8 Å². The number of benzene rings is 1. The Morgan fingerprint density at radius 1 is 1.24 bits per heavy atom. The Balaban J connectivity index is 1.87. The van der Waals surface area contributed by atoms with Crippen LogP contribution in [0.3, 0.4) is 0 Å². The van der Waals surface area contributed by atoms with Gasteiger partial charge in [0.2, 0.25) is 5.91 Å². The van der Waals surface area contributed by atoms with Gasteiger partial charge in [-0.15, -0.1) is 0 Å². The Hall–Kier alpha value is -2.28. The van der Waals surface area contributed by atoms with Crippen LogP contribution in [0.1, 0.15) is 18.5 Å². The molecule has 1 aromatic carbocycles. The first-order valence-corrected chi connectivity index (χ1v) is 7.40. The summed E-state index contributed by atoms with van der Waals surface area (Å²) in [7, 11) is 0. The molecule has 1 atom stereocenters. The van der Waals surface area contributed by atoms with Gasteiger partial charge < -0.3 is 16.8 Å². The highest BCUT2D eigenvalue weighted by Gasteiger charge is 2.10. The summed E-state index contributed by atoms with van der Waals surface area (Å²) in [5.74, 6) is 0.701. The molecule has 0 aliphatic rings. The molecule has 1 heterocycles. The van der Waals surface area contributed by atoms with E-state index in [1.807, 2.05) is 37.3 Å². The van der Waals surface area contributed by atoms with E-state index >= 15 is 0 Å². The number of carbonyl (C=O) groups is 1. The molecular formula is C14H17N5OS. The van der Waals surface area contributed by atoms with E-state index in [0.717, 1.165) is 5.56 Å². The summed E-state index contributed by atoms with van der Waals surface area (Å²) in [5.41, 5.74) is 12.2. The van der Waals surface area contributed by atoms with Gasteiger partial charge in [-0.25, -0.2) is 9.97 Å². The molecule has 5 N–H and O–H groups in total. The molecule has 0 fully saturated rings. The summed E-state index contributed by atoms with van der Waals surface area (Å²) < 4.78 is 0. The number of amides is 1. The van der Waals surface area contributed by atoms with Crippen LogP contribution in [0.4, 0.5) is 11.6 Å². The maximum Gasteiger partial charge on any atom is 0.230 e. The van der Waals surface area contributed by atoms with Crippen molar-refractivity contribution in [3.05, 3.63) is 42.0 Å². The van der Waals surface area contributed by atoms with Crippen LogP contribution >= 0.6 is 11.8 Å². The van der Waals surface area contributed by atoms with Gasteiger partial charge in [0, 0.05) is 6.07 Å². The number of hydrogen-bond donors (Lipinski definition) is 3. The predicted octanol–water partition coefficient (Wildman–Crippen LogP) is 1.61. The fourth-order valence-corrected chi connectivity index (χ4v) is 2.45. The lowest BCUT2D eigenvalue weighted by molar-refractivity contribution is -0.119. The average molecular weight is 303 g/mol. The molecule has 0 radical (unpaired) electrons. The van der Waals surface area contributed by atoms with Gasteiger partial charge in [0.25, 0.3) is 0 Å². The van der Waals surface area contributed by atoms with Gasteiger partial charge in [-0.05, 0) is 12.5 Å². The van der Waals surface area contributed by atoms with Crippen LogP contribution in [0.25, 0.3) is 0 Å². The van der Waals surface area contributed by atoms with Crippen molar-refractivity contribution in [3.8, 4) is 0 Å². The molecule has 110 valence electrons. The zero-order valence-corrected chi connectivity index (χ0v) is 12.4. The van der Waals surface area contributed by atoms with Crippen molar-refractivity contribution in [1.29, 1.82) is 0 Å². The van der Waals surface area contributed by atoms with Crippen LogP contribution in [-0.4, -0.2) is 21.6 Å². The molecule has 1 amide bonds. The second-order valence-electron chi connectivity index (χ2n) is 4.49. The van der Waals surface area contributed by atoms with Gasteiger partial charge in [-0.2, -0.15) is 0 Å². The van der Waals surface area contributed by atoms with E-state index in [4.69, 9.17) is 11.5 Å². The monoisotopic (exact) mass is 303 g/mol. The molecular weight excluding hydrogens is 286 g/mol. The van der Waals surface area contributed by atoms with Gasteiger partial charge in [-0.3, -0.25) is 4.79 Å². The smallest absolute Gasteiger partial charge is 0.230 e. The van der Waals surface area contributed by atoms with Crippen LogP contribution in [0.15, 0.2) is 41.6 Å². The number of rotatable bonds is 5. The summed E-state index contributed by atoms with van der Waals surface area (Å²) in [6, 6.07) is 11.2. The molecule has 0 aliphatic heterocycles. The maximum absolute atomic E-state index is 11.9. The molecule has 21 heavy (non-hydrogen) atoms. The molecule has 1 aromatic heterocycles. The minimum atomic E-state index is -0.0963. The van der Waals surface area contributed by atoms with Crippen molar-refractivity contribution in [3.63, 3.8) is 0 Å². The van der Waals surface area contributed by atoms with Crippen LogP contribution in [0, 0.1) is 0 Å². The number of thioether (sulfide) groups is 1. The van der Waals surface area contributed by atoms with E-state index in [9.17, 15) is 4.79 Å².